The van der Waals surface area contributed by atoms with Gasteiger partial charge in [0.2, 0.25) is 11.8 Å². The number of alkyl halides is 3. The van der Waals surface area contributed by atoms with Crippen molar-refractivity contribution in [2.45, 2.75) is 19.0 Å². The van der Waals surface area contributed by atoms with Crippen LogP contribution in [0, 0.1) is 11.7 Å². The highest BCUT2D eigenvalue weighted by atomic mass is 32.1. The maximum Gasteiger partial charge on any atom is 0.416 e. The van der Waals surface area contributed by atoms with Gasteiger partial charge >= 0.3 is 12.2 Å². The van der Waals surface area contributed by atoms with Crippen molar-refractivity contribution >= 4 is 50.1 Å². The summed E-state index contributed by atoms with van der Waals surface area (Å²) in [7, 11) is 0. The maximum absolute atomic E-state index is 14.3. The van der Waals surface area contributed by atoms with E-state index in [-0.39, 0.29) is 34.8 Å². The number of rotatable bonds is 6. The molecule has 0 atom stereocenters. The van der Waals surface area contributed by atoms with Crippen molar-refractivity contribution in [2.75, 3.05) is 16.0 Å². The molecule has 1 aliphatic rings. The topological polar surface area (TPSA) is 105 Å². The van der Waals surface area contributed by atoms with Gasteiger partial charge < -0.3 is 20.7 Å². The number of hydrogen-bond donors (Lipinski definition) is 3. The third kappa shape index (κ3) is 5.94. The molecule has 2 heterocycles. The van der Waals surface area contributed by atoms with E-state index in [9.17, 15) is 27.2 Å². The number of halogens is 4. The molecule has 1 saturated carbocycles. The molecule has 2 aromatic carbocycles. The van der Waals surface area contributed by atoms with Crippen molar-refractivity contribution in [1.82, 2.24) is 9.97 Å². The number of nitrogens with one attached hydrogen (secondary N) is 3. The normalized spacial score (nSPS) is 13.3. The molecule has 1 fully saturated rings. The van der Waals surface area contributed by atoms with Gasteiger partial charge in [-0.3, -0.25) is 4.79 Å². The Morgan fingerprint density at radius 1 is 0.973 bits per heavy atom. The highest BCUT2D eigenvalue weighted by molar-refractivity contribution is 7.21. The molecule has 3 amide bonds. The van der Waals surface area contributed by atoms with E-state index in [2.05, 4.69) is 25.9 Å². The monoisotopic (exact) mass is 531 g/mol. The van der Waals surface area contributed by atoms with Gasteiger partial charge in [-0.15, -0.1) is 0 Å². The quantitative estimate of drug-likeness (QED) is 0.242. The van der Waals surface area contributed by atoms with E-state index < -0.39 is 23.6 Å². The summed E-state index contributed by atoms with van der Waals surface area (Å²) in [5, 5.41) is 7.69. The van der Waals surface area contributed by atoms with Crippen LogP contribution >= 0.6 is 11.3 Å². The number of fused-ring (bicyclic) bond motifs is 1. The number of nitrogens with zero attached hydrogens (tertiary/aromatic N) is 2. The second-order valence-electron chi connectivity index (χ2n) is 8.16. The fourth-order valence-electron chi connectivity index (χ4n) is 3.31. The first-order chi connectivity index (χ1) is 17.6. The van der Waals surface area contributed by atoms with Crippen LogP contribution in [-0.4, -0.2) is 21.9 Å². The molecule has 0 bridgehead atoms. The van der Waals surface area contributed by atoms with Gasteiger partial charge in [0.05, 0.1) is 11.3 Å². The lowest BCUT2D eigenvalue weighted by molar-refractivity contribution is -0.137. The molecule has 190 valence electrons. The van der Waals surface area contributed by atoms with E-state index in [1.807, 2.05) is 0 Å². The summed E-state index contributed by atoms with van der Waals surface area (Å²) >= 11 is 1.18. The first kappa shape index (κ1) is 24.4. The van der Waals surface area contributed by atoms with Crippen molar-refractivity contribution in [3.63, 3.8) is 0 Å². The molecule has 1 aliphatic carbocycles. The second-order valence-corrected chi connectivity index (χ2v) is 9.14. The Morgan fingerprint density at radius 2 is 1.78 bits per heavy atom. The molecule has 5 rings (SSSR count). The van der Waals surface area contributed by atoms with Gasteiger partial charge in [0.25, 0.3) is 0 Å². The number of carbonyl (C=O) groups is 2. The smallest absolute Gasteiger partial charge is 0.416 e. The molecule has 0 spiro atoms. The van der Waals surface area contributed by atoms with Gasteiger partial charge in [0, 0.05) is 23.7 Å². The number of anilines is 3. The summed E-state index contributed by atoms with van der Waals surface area (Å²) in [6.07, 6.45) is -2.84. The number of pyridine rings is 1. The second kappa shape index (κ2) is 9.65. The number of thiazole rings is 1. The molecule has 13 heteroatoms. The molecule has 0 radical (unpaired) electrons. The lowest BCUT2D eigenvalue weighted by Gasteiger charge is -2.12. The molecule has 4 aromatic rings. The van der Waals surface area contributed by atoms with Crippen LogP contribution in [0.3, 0.4) is 0 Å². The minimum atomic E-state index is -4.58. The number of aromatic nitrogens is 2. The Hall–Kier alpha value is -4.26. The Morgan fingerprint density at radius 3 is 2.54 bits per heavy atom. The largest absolute Gasteiger partial charge is 0.439 e. The van der Waals surface area contributed by atoms with Gasteiger partial charge in [-0.1, -0.05) is 17.4 Å². The van der Waals surface area contributed by atoms with Crippen LogP contribution in [0.2, 0.25) is 0 Å². The number of ether oxygens (including phenoxy) is 1. The molecule has 0 saturated heterocycles. The summed E-state index contributed by atoms with van der Waals surface area (Å²) in [6, 6.07) is 9.90. The summed E-state index contributed by atoms with van der Waals surface area (Å²) in [4.78, 5) is 33.4. The Kier molecular flexibility index (Phi) is 6.38. The van der Waals surface area contributed by atoms with Crippen molar-refractivity contribution < 1.29 is 31.9 Å². The SMILES string of the molecule is O=C(Nc1cccc(C(F)(F)F)c1)Nc1cc(Oc2ccc3nc(NC(=O)C4CC4)sc3n2)ccc1F. The number of hydrogen-bond acceptors (Lipinski definition) is 6. The van der Waals surface area contributed by atoms with Crippen LogP contribution in [0.25, 0.3) is 10.3 Å². The molecule has 0 unspecified atom stereocenters. The molecule has 0 aliphatic heterocycles. The van der Waals surface area contributed by atoms with Gasteiger partial charge in [0.15, 0.2) is 5.13 Å². The average molecular weight is 531 g/mol. The van der Waals surface area contributed by atoms with E-state index in [1.165, 1.54) is 29.5 Å². The van der Waals surface area contributed by atoms with Crippen molar-refractivity contribution in [3.05, 3.63) is 66.0 Å². The number of carbonyl (C=O) groups excluding carboxylic acids is 2. The minimum absolute atomic E-state index is 0.0345. The van der Waals surface area contributed by atoms with Crippen LogP contribution in [0.4, 0.5) is 38.9 Å². The van der Waals surface area contributed by atoms with Gasteiger partial charge in [-0.05, 0) is 49.2 Å². The van der Waals surface area contributed by atoms with Gasteiger partial charge in [-0.2, -0.15) is 13.2 Å². The van der Waals surface area contributed by atoms with E-state index in [0.717, 1.165) is 37.1 Å². The van der Waals surface area contributed by atoms with E-state index in [0.29, 0.717) is 15.5 Å². The van der Waals surface area contributed by atoms with Crippen molar-refractivity contribution in [1.29, 1.82) is 0 Å². The van der Waals surface area contributed by atoms with E-state index >= 15 is 0 Å². The Balaban J connectivity index is 1.26. The molecule has 37 heavy (non-hydrogen) atoms. The molecular formula is C24H17F4N5O3S. The summed E-state index contributed by atoms with van der Waals surface area (Å²) < 4.78 is 58.6. The van der Waals surface area contributed by atoms with Crippen LogP contribution < -0.4 is 20.7 Å². The third-order valence-electron chi connectivity index (χ3n) is 5.26. The fourth-order valence-corrected chi connectivity index (χ4v) is 4.14. The predicted octanol–water partition coefficient (Wildman–Crippen LogP) is 6.63. The zero-order valence-electron chi connectivity index (χ0n) is 18.7. The highest BCUT2D eigenvalue weighted by Crippen LogP contribution is 2.33. The van der Waals surface area contributed by atoms with Gasteiger partial charge in [-0.25, -0.2) is 19.2 Å². The summed E-state index contributed by atoms with van der Waals surface area (Å²) in [6.45, 7) is 0. The lowest BCUT2D eigenvalue weighted by atomic mass is 10.2. The highest BCUT2D eigenvalue weighted by Gasteiger charge is 2.31. The van der Waals surface area contributed by atoms with Crippen LogP contribution in [-0.2, 0) is 11.0 Å². The summed E-state index contributed by atoms with van der Waals surface area (Å²) in [5.74, 6) is -0.503. The van der Waals surface area contributed by atoms with Crippen LogP contribution in [0.15, 0.2) is 54.6 Å². The molecule has 8 nitrogen and oxygen atoms in total. The number of amides is 3. The fraction of sp³-hybridized carbons (Fsp3) is 0.167. The third-order valence-corrected chi connectivity index (χ3v) is 6.14. The first-order valence-corrected chi connectivity index (χ1v) is 11.8. The zero-order chi connectivity index (χ0) is 26.2. The Labute approximate surface area is 210 Å². The maximum atomic E-state index is 14.3. The molecular weight excluding hydrogens is 514 g/mol. The predicted molar refractivity (Wildman–Crippen MR) is 129 cm³/mol. The van der Waals surface area contributed by atoms with Gasteiger partial charge in [0.1, 0.15) is 21.9 Å². The lowest BCUT2D eigenvalue weighted by Crippen LogP contribution is -2.20. The standard InChI is InChI=1S/C24H17F4N5O3S/c25-16-7-6-15(11-18(16)30-22(35)29-14-3-1-2-13(10-14)24(26,27)28)36-19-9-8-17-21(32-19)37-23(31-17)33-20(34)12-4-5-12/h1-3,6-12H,4-5H2,(H2,29,30,35)(H,31,33,34). The minimum Gasteiger partial charge on any atom is -0.439 e. The molecule has 2 aromatic heterocycles. The number of urea groups is 1. The van der Waals surface area contributed by atoms with Crippen molar-refractivity contribution in [3.8, 4) is 11.6 Å². The van der Waals surface area contributed by atoms with E-state index in [1.54, 1.807) is 12.1 Å². The van der Waals surface area contributed by atoms with Crippen LogP contribution in [0.5, 0.6) is 11.6 Å². The first-order valence-electron chi connectivity index (χ1n) is 11.0. The van der Waals surface area contributed by atoms with Crippen molar-refractivity contribution in [2.24, 2.45) is 5.92 Å². The number of benzene rings is 2. The molecule has 3 N–H and O–H groups in total. The summed E-state index contributed by atoms with van der Waals surface area (Å²) in [5.41, 5.74) is -0.744. The van der Waals surface area contributed by atoms with Crippen LogP contribution in [0.1, 0.15) is 18.4 Å². The average Bonchev–Trinajstić information content (AvgIpc) is 3.61. The van der Waals surface area contributed by atoms with E-state index in [4.69, 9.17) is 4.74 Å². The Bertz CT molecular complexity index is 1500. The zero-order valence-corrected chi connectivity index (χ0v) is 19.5.